The number of thiocarbonyl (C=S) groups is 1. The van der Waals surface area contributed by atoms with Gasteiger partial charge in [0.1, 0.15) is 4.86 Å². The zero-order chi connectivity index (χ0) is 9.94. The Labute approximate surface area is 83.8 Å². The molecular weight excluding hydrogens is 192 g/mol. The third-order valence-electron chi connectivity index (χ3n) is 1.32. The van der Waals surface area contributed by atoms with Gasteiger partial charge in [-0.1, -0.05) is 33.0 Å². The van der Waals surface area contributed by atoms with Gasteiger partial charge in [-0.2, -0.15) is 12.6 Å². The van der Waals surface area contributed by atoms with Crippen molar-refractivity contribution in [2.45, 2.75) is 32.4 Å². The van der Waals surface area contributed by atoms with Crippen LogP contribution >= 0.6 is 24.8 Å². The molecule has 1 unspecified atom stereocenters. The highest BCUT2D eigenvalue weighted by Gasteiger charge is 2.22. The average molecular weight is 206 g/mol. The molecule has 0 radical (unpaired) electrons. The van der Waals surface area contributed by atoms with E-state index in [1.54, 1.807) is 0 Å². The van der Waals surface area contributed by atoms with Crippen LogP contribution in [0.1, 0.15) is 27.2 Å². The second-order valence-corrected chi connectivity index (χ2v) is 5.01. The van der Waals surface area contributed by atoms with E-state index in [0.717, 1.165) is 0 Å². The molecule has 2 nitrogen and oxygen atoms in total. The first kappa shape index (κ1) is 11.9. The summed E-state index contributed by atoms with van der Waals surface area (Å²) in [4.78, 5) is 10.4. The number of hydrogen-bond donors (Lipinski definition) is 2. The van der Waals surface area contributed by atoms with Crippen LogP contribution in [0.5, 0.6) is 0 Å². The molecule has 1 atom stereocenters. The molecule has 0 aliphatic carbocycles. The normalized spacial score (nSPS) is 14.0. The Morgan fingerprint density at radius 1 is 1.58 bits per heavy atom. The SMILES string of the molecule is CC(C)(C)CC(S)C(=S)C(=O)O. The number of aliphatic carboxylic acids is 1. The smallest absolute Gasteiger partial charge is 0.343 e. The Balaban J connectivity index is 4.14. The summed E-state index contributed by atoms with van der Waals surface area (Å²) in [5.74, 6) is -1.03. The molecule has 0 bridgehead atoms. The quantitative estimate of drug-likeness (QED) is 0.549. The topological polar surface area (TPSA) is 37.3 Å². The summed E-state index contributed by atoms with van der Waals surface area (Å²) >= 11 is 8.83. The van der Waals surface area contributed by atoms with Crippen molar-refractivity contribution < 1.29 is 9.90 Å². The van der Waals surface area contributed by atoms with E-state index in [1.165, 1.54) is 0 Å². The van der Waals surface area contributed by atoms with Crippen molar-refractivity contribution in [1.29, 1.82) is 0 Å². The van der Waals surface area contributed by atoms with Gasteiger partial charge in [0.2, 0.25) is 0 Å². The van der Waals surface area contributed by atoms with Crippen LogP contribution in [0.3, 0.4) is 0 Å². The van der Waals surface area contributed by atoms with Gasteiger partial charge in [-0.3, -0.25) is 0 Å². The highest BCUT2D eigenvalue weighted by molar-refractivity contribution is 7.87. The summed E-state index contributed by atoms with van der Waals surface area (Å²) in [7, 11) is 0. The minimum Gasteiger partial charge on any atom is -0.477 e. The largest absolute Gasteiger partial charge is 0.477 e. The number of thiol groups is 1. The van der Waals surface area contributed by atoms with Crippen LogP contribution in [-0.2, 0) is 4.79 Å². The fourth-order valence-corrected chi connectivity index (χ4v) is 1.56. The molecule has 0 spiro atoms. The summed E-state index contributed by atoms with van der Waals surface area (Å²) < 4.78 is 0. The van der Waals surface area contributed by atoms with Crippen LogP contribution < -0.4 is 0 Å². The second-order valence-electron chi connectivity index (χ2n) is 3.95. The molecule has 0 heterocycles. The molecular formula is C8H14O2S2. The number of carbonyl (C=O) groups is 1. The Morgan fingerprint density at radius 3 is 2.25 bits per heavy atom. The molecule has 0 aliphatic heterocycles. The first-order valence-corrected chi connectivity index (χ1v) is 4.62. The van der Waals surface area contributed by atoms with Crippen molar-refractivity contribution in [1.82, 2.24) is 0 Å². The Bertz CT molecular complexity index is 194. The van der Waals surface area contributed by atoms with E-state index in [-0.39, 0.29) is 15.5 Å². The van der Waals surface area contributed by atoms with E-state index in [1.807, 2.05) is 20.8 Å². The van der Waals surface area contributed by atoms with Gasteiger partial charge in [0, 0.05) is 5.25 Å². The lowest BCUT2D eigenvalue weighted by atomic mass is 9.89. The molecule has 0 fully saturated rings. The standard InChI is InChI=1S/C8H14O2S2/c1-8(2,3)4-5(11)6(12)7(9)10/h5,11H,4H2,1-3H3,(H,9,10). The minimum absolute atomic E-state index is 0.00765. The van der Waals surface area contributed by atoms with Gasteiger partial charge in [0.25, 0.3) is 0 Å². The van der Waals surface area contributed by atoms with Gasteiger partial charge in [-0.25, -0.2) is 4.79 Å². The molecule has 0 amide bonds. The van der Waals surface area contributed by atoms with Crippen molar-refractivity contribution in [3.8, 4) is 0 Å². The van der Waals surface area contributed by atoms with E-state index in [4.69, 9.17) is 17.3 Å². The summed E-state index contributed by atoms with van der Waals surface area (Å²) in [6.45, 7) is 6.09. The molecule has 0 aromatic rings. The number of rotatable bonds is 3. The van der Waals surface area contributed by atoms with Crippen LogP contribution in [0.4, 0.5) is 0 Å². The van der Waals surface area contributed by atoms with Crippen molar-refractivity contribution >= 4 is 35.7 Å². The summed E-state index contributed by atoms with van der Waals surface area (Å²) in [6, 6.07) is 0. The number of hydrogen-bond acceptors (Lipinski definition) is 3. The minimum atomic E-state index is -1.03. The molecule has 4 heteroatoms. The second kappa shape index (κ2) is 4.23. The number of carboxylic acids is 1. The summed E-state index contributed by atoms with van der Waals surface area (Å²) in [5, 5.41) is 8.24. The van der Waals surface area contributed by atoms with Crippen molar-refractivity contribution in [3.63, 3.8) is 0 Å². The predicted octanol–water partition coefficient (Wildman–Crippen LogP) is 2.18. The highest BCUT2D eigenvalue weighted by atomic mass is 32.1. The van der Waals surface area contributed by atoms with E-state index in [0.29, 0.717) is 6.42 Å². The van der Waals surface area contributed by atoms with E-state index in [9.17, 15) is 4.79 Å². The van der Waals surface area contributed by atoms with Gasteiger partial charge in [-0.15, -0.1) is 0 Å². The lowest BCUT2D eigenvalue weighted by Gasteiger charge is -2.21. The molecule has 0 aliphatic rings. The van der Waals surface area contributed by atoms with Crippen molar-refractivity contribution in [2.75, 3.05) is 0 Å². The van der Waals surface area contributed by atoms with Gasteiger partial charge < -0.3 is 5.11 Å². The molecule has 0 aromatic heterocycles. The number of carboxylic acid groups (broad SMARTS) is 1. The molecule has 1 N–H and O–H groups in total. The van der Waals surface area contributed by atoms with Crippen LogP contribution in [0.2, 0.25) is 0 Å². The fourth-order valence-electron chi connectivity index (χ4n) is 0.815. The van der Waals surface area contributed by atoms with E-state index < -0.39 is 5.97 Å². The summed E-state index contributed by atoms with van der Waals surface area (Å²) in [6.07, 6.45) is 0.682. The first-order valence-electron chi connectivity index (χ1n) is 3.69. The highest BCUT2D eigenvalue weighted by Crippen LogP contribution is 2.24. The molecule has 70 valence electrons. The van der Waals surface area contributed by atoms with Gasteiger partial charge in [0.05, 0.1) is 0 Å². The Kier molecular flexibility index (Phi) is 4.20. The fraction of sp³-hybridized carbons (Fsp3) is 0.750. The molecule has 0 aromatic carbocycles. The average Bonchev–Trinajstić information content (AvgIpc) is 1.82. The van der Waals surface area contributed by atoms with Crippen molar-refractivity contribution in [3.05, 3.63) is 0 Å². The van der Waals surface area contributed by atoms with E-state index in [2.05, 4.69) is 12.6 Å². The van der Waals surface area contributed by atoms with Crippen LogP contribution in [0.15, 0.2) is 0 Å². The molecule has 0 saturated heterocycles. The van der Waals surface area contributed by atoms with Crippen LogP contribution in [0, 0.1) is 5.41 Å². The van der Waals surface area contributed by atoms with E-state index >= 15 is 0 Å². The lowest BCUT2D eigenvalue weighted by molar-refractivity contribution is -0.129. The maximum atomic E-state index is 10.4. The predicted molar refractivity (Wildman–Crippen MR) is 57.1 cm³/mol. The third-order valence-corrected chi connectivity index (χ3v) is 2.39. The third kappa shape index (κ3) is 4.72. The van der Waals surface area contributed by atoms with Crippen LogP contribution in [-0.4, -0.2) is 21.2 Å². The molecule has 12 heavy (non-hydrogen) atoms. The van der Waals surface area contributed by atoms with Crippen LogP contribution in [0.25, 0.3) is 0 Å². The zero-order valence-corrected chi connectivity index (χ0v) is 9.21. The van der Waals surface area contributed by atoms with Gasteiger partial charge in [-0.05, 0) is 11.8 Å². The molecule has 0 rings (SSSR count). The monoisotopic (exact) mass is 206 g/mol. The van der Waals surface area contributed by atoms with Crippen molar-refractivity contribution in [2.24, 2.45) is 5.41 Å². The Hall–Kier alpha value is -0.0900. The zero-order valence-electron chi connectivity index (χ0n) is 7.50. The first-order chi connectivity index (χ1) is 5.24. The maximum Gasteiger partial charge on any atom is 0.343 e. The molecule has 0 saturated carbocycles. The van der Waals surface area contributed by atoms with Gasteiger partial charge in [0.15, 0.2) is 0 Å². The Morgan fingerprint density at radius 2 is 2.00 bits per heavy atom. The maximum absolute atomic E-state index is 10.4. The van der Waals surface area contributed by atoms with Gasteiger partial charge >= 0.3 is 5.97 Å². The summed E-state index contributed by atoms with van der Waals surface area (Å²) in [5.41, 5.74) is 0.0614. The lowest BCUT2D eigenvalue weighted by Crippen LogP contribution is -2.26.